The summed E-state index contributed by atoms with van der Waals surface area (Å²) in [5.41, 5.74) is 7.63. The van der Waals surface area contributed by atoms with E-state index >= 15 is 0 Å². The first-order chi connectivity index (χ1) is 14.4. The smallest absolute Gasteiger partial charge is 0.161 e. The molecule has 0 amide bonds. The van der Waals surface area contributed by atoms with Gasteiger partial charge in [0.2, 0.25) is 0 Å². The van der Waals surface area contributed by atoms with Gasteiger partial charge in [-0.3, -0.25) is 4.68 Å². The van der Waals surface area contributed by atoms with E-state index in [-0.39, 0.29) is 16.4 Å². The van der Waals surface area contributed by atoms with Crippen molar-refractivity contribution in [2.75, 3.05) is 18.0 Å². The minimum Gasteiger partial charge on any atom is -0.355 e. The van der Waals surface area contributed by atoms with Crippen LogP contribution in [-0.4, -0.2) is 32.8 Å². The van der Waals surface area contributed by atoms with E-state index in [1.54, 1.807) is 12.4 Å². The Kier molecular flexibility index (Phi) is 4.70. The summed E-state index contributed by atoms with van der Waals surface area (Å²) in [5, 5.41) is 4.76. The number of nitrogens with two attached hydrogens (primary N) is 1. The lowest BCUT2D eigenvalue weighted by Crippen LogP contribution is -2.45. The normalized spacial score (nSPS) is 20.0. The molecule has 6 nitrogen and oxygen atoms in total. The highest BCUT2D eigenvalue weighted by atomic mass is 32.2. The molecule has 2 aliphatic rings. The largest absolute Gasteiger partial charge is 0.355 e. The van der Waals surface area contributed by atoms with Gasteiger partial charge < -0.3 is 10.6 Å². The maximum absolute atomic E-state index is 13.8. The van der Waals surface area contributed by atoms with Gasteiger partial charge in [-0.15, -0.1) is 0 Å². The van der Waals surface area contributed by atoms with Gasteiger partial charge in [-0.25, -0.2) is 23.1 Å². The van der Waals surface area contributed by atoms with Crippen molar-refractivity contribution in [3.63, 3.8) is 0 Å². The zero-order valence-corrected chi connectivity index (χ0v) is 16.7. The van der Waals surface area contributed by atoms with Crippen molar-refractivity contribution in [2.24, 2.45) is 11.1 Å². The van der Waals surface area contributed by atoms with Crippen LogP contribution in [0.1, 0.15) is 24.6 Å². The molecule has 1 aromatic carbocycles. The van der Waals surface area contributed by atoms with E-state index in [0.29, 0.717) is 11.1 Å². The second-order valence-corrected chi connectivity index (χ2v) is 8.81. The van der Waals surface area contributed by atoms with Crippen LogP contribution in [0.4, 0.5) is 19.0 Å². The second-order valence-electron chi connectivity index (χ2n) is 7.75. The summed E-state index contributed by atoms with van der Waals surface area (Å²) < 4.78 is 42.3. The van der Waals surface area contributed by atoms with Gasteiger partial charge in [-0.2, -0.15) is 5.10 Å². The molecule has 1 spiro atoms. The molecule has 2 aromatic heterocycles. The predicted octanol–water partition coefficient (Wildman–Crippen LogP) is 3.54. The summed E-state index contributed by atoms with van der Waals surface area (Å²) in [6.07, 6.45) is 6.78. The number of anilines is 1. The average Bonchev–Trinajstić information content (AvgIpc) is 3.29. The Labute approximate surface area is 175 Å². The highest BCUT2D eigenvalue weighted by Crippen LogP contribution is 2.47. The molecule has 1 fully saturated rings. The highest BCUT2D eigenvalue weighted by Gasteiger charge is 2.46. The first kappa shape index (κ1) is 19.4. The van der Waals surface area contributed by atoms with Gasteiger partial charge in [0.25, 0.3) is 0 Å². The molecule has 10 heteroatoms. The van der Waals surface area contributed by atoms with E-state index in [2.05, 4.69) is 20.0 Å². The van der Waals surface area contributed by atoms with Gasteiger partial charge in [0, 0.05) is 37.3 Å². The lowest BCUT2D eigenvalue weighted by Gasteiger charge is -2.41. The molecule has 30 heavy (non-hydrogen) atoms. The van der Waals surface area contributed by atoms with Crippen molar-refractivity contribution in [2.45, 2.75) is 35.3 Å². The monoisotopic (exact) mass is 432 g/mol. The summed E-state index contributed by atoms with van der Waals surface area (Å²) >= 11 is 0.902. The fourth-order valence-electron chi connectivity index (χ4n) is 4.32. The van der Waals surface area contributed by atoms with Gasteiger partial charge in [0.15, 0.2) is 11.6 Å². The number of nitrogens with zero attached hydrogens (tertiary/aromatic N) is 5. The van der Waals surface area contributed by atoms with Gasteiger partial charge in [0.1, 0.15) is 16.7 Å². The molecule has 1 atom stereocenters. The van der Waals surface area contributed by atoms with Crippen molar-refractivity contribution in [3.05, 3.63) is 59.9 Å². The second kappa shape index (κ2) is 7.28. The van der Waals surface area contributed by atoms with Crippen LogP contribution in [0, 0.1) is 22.9 Å². The number of hydrogen-bond donors (Lipinski definition) is 1. The Morgan fingerprint density at radius 1 is 1.03 bits per heavy atom. The third-order valence-corrected chi connectivity index (χ3v) is 7.03. The van der Waals surface area contributed by atoms with E-state index in [0.717, 1.165) is 61.8 Å². The molecule has 0 saturated carbocycles. The number of fused-ring (bicyclic) bond motifs is 1. The van der Waals surface area contributed by atoms with Crippen LogP contribution < -0.4 is 10.6 Å². The molecule has 5 rings (SSSR count). The standard InChI is InChI=1S/C20H19F3N6S/c21-12-7-14(23)16(8-13(12)22)30-18-10-25-17(9-26-18)28-5-2-20(3-6-28)11-29-15(19(20)24)1-4-27-29/h1,4,7-10,19H,2-3,5-6,11,24H2/t19-/m1/s1. The molecular weight excluding hydrogens is 413 g/mol. The maximum atomic E-state index is 13.8. The molecule has 2 N–H and O–H groups in total. The van der Waals surface area contributed by atoms with Crippen molar-refractivity contribution in [1.29, 1.82) is 0 Å². The highest BCUT2D eigenvalue weighted by molar-refractivity contribution is 7.99. The summed E-state index contributed by atoms with van der Waals surface area (Å²) in [5.74, 6) is -2.42. The van der Waals surface area contributed by atoms with Crippen molar-refractivity contribution in [1.82, 2.24) is 19.7 Å². The van der Waals surface area contributed by atoms with Crippen LogP contribution >= 0.6 is 11.8 Å². The first-order valence-corrected chi connectivity index (χ1v) is 10.4. The van der Waals surface area contributed by atoms with Crippen molar-refractivity contribution < 1.29 is 13.2 Å². The SMILES string of the molecule is N[C@@H]1c2ccnn2CC12CCN(c1cnc(Sc3cc(F)c(F)cc3F)cn1)CC2. The van der Waals surface area contributed by atoms with Gasteiger partial charge >= 0.3 is 0 Å². The number of aromatic nitrogens is 4. The molecule has 4 heterocycles. The van der Waals surface area contributed by atoms with Gasteiger partial charge in [-0.05, 0) is 25.0 Å². The van der Waals surface area contributed by atoms with Crippen LogP contribution in [0.5, 0.6) is 0 Å². The van der Waals surface area contributed by atoms with Crippen LogP contribution in [0.3, 0.4) is 0 Å². The molecule has 2 aliphatic heterocycles. The first-order valence-electron chi connectivity index (χ1n) is 9.62. The summed E-state index contributed by atoms with van der Waals surface area (Å²) in [6.45, 7) is 2.44. The van der Waals surface area contributed by atoms with Crippen LogP contribution in [-0.2, 0) is 6.54 Å². The molecule has 0 radical (unpaired) electrons. The van der Waals surface area contributed by atoms with E-state index in [1.807, 2.05) is 10.7 Å². The number of halogens is 3. The lowest BCUT2D eigenvalue weighted by molar-refractivity contribution is 0.170. The molecular formula is C20H19F3N6S. The van der Waals surface area contributed by atoms with E-state index in [4.69, 9.17) is 5.73 Å². The number of piperidine rings is 1. The quantitative estimate of drug-likeness (QED) is 0.639. The minimum absolute atomic E-state index is 0.0157. The summed E-state index contributed by atoms with van der Waals surface area (Å²) in [7, 11) is 0. The maximum Gasteiger partial charge on any atom is 0.161 e. The molecule has 156 valence electrons. The Balaban J connectivity index is 1.25. The lowest BCUT2D eigenvalue weighted by atomic mass is 9.73. The Bertz CT molecular complexity index is 1080. The predicted molar refractivity (Wildman–Crippen MR) is 106 cm³/mol. The zero-order chi connectivity index (χ0) is 20.9. The fourth-order valence-corrected chi connectivity index (χ4v) is 5.08. The van der Waals surface area contributed by atoms with Gasteiger partial charge in [0.05, 0.1) is 29.0 Å². The zero-order valence-electron chi connectivity index (χ0n) is 15.9. The topological polar surface area (TPSA) is 72.9 Å². The third kappa shape index (κ3) is 3.24. The van der Waals surface area contributed by atoms with E-state index in [1.165, 1.54) is 6.20 Å². The minimum atomic E-state index is -1.22. The van der Waals surface area contributed by atoms with Crippen LogP contribution in [0.25, 0.3) is 0 Å². The Morgan fingerprint density at radius 2 is 1.80 bits per heavy atom. The summed E-state index contributed by atoms with van der Waals surface area (Å²) in [4.78, 5) is 10.9. The average molecular weight is 432 g/mol. The van der Waals surface area contributed by atoms with Crippen molar-refractivity contribution >= 4 is 17.6 Å². The molecule has 1 saturated heterocycles. The number of benzene rings is 1. The molecule has 3 aromatic rings. The molecule has 0 bridgehead atoms. The van der Waals surface area contributed by atoms with Gasteiger partial charge in [-0.1, -0.05) is 11.8 Å². The Morgan fingerprint density at radius 3 is 2.50 bits per heavy atom. The van der Waals surface area contributed by atoms with E-state index in [9.17, 15) is 13.2 Å². The third-order valence-electron chi connectivity index (χ3n) is 6.08. The van der Waals surface area contributed by atoms with E-state index < -0.39 is 17.5 Å². The Hall–Kier alpha value is -2.59. The van der Waals surface area contributed by atoms with Crippen LogP contribution in [0.15, 0.2) is 46.7 Å². The van der Waals surface area contributed by atoms with Crippen molar-refractivity contribution in [3.8, 4) is 0 Å². The van der Waals surface area contributed by atoms with Crippen LogP contribution in [0.2, 0.25) is 0 Å². The number of hydrogen-bond acceptors (Lipinski definition) is 6. The molecule has 0 aliphatic carbocycles. The fraction of sp³-hybridized carbons (Fsp3) is 0.350. The number of rotatable bonds is 3. The molecule has 0 unspecified atom stereocenters. The summed E-state index contributed by atoms with van der Waals surface area (Å²) in [6, 6.07) is 3.33.